The van der Waals surface area contributed by atoms with Crippen LogP contribution in [0.1, 0.15) is 5.56 Å². The van der Waals surface area contributed by atoms with Crippen LogP contribution >= 0.6 is 0 Å². The molecule has 0 aliphatic rings. The van der Waals surface area contributed by atoms with E-state index in [4.69, 9.17) is 5.73 Å². The molecule has 1 heterocycles. The van der Waals surface area contributed by atoms with Gasteiger partial charge in [0.2, 0.25) is 5.88 Å². The van der Waals surface area contributed by atoms with Crippen LogP contribution in [-0.2, 0) is 6.54 Å². The van der Waals surface area contributed by atoms with Crippen LogP contribution in [0.4, 0.5) is 22.0 Å². The lowest BCUT2D eigenvalue weighted by molar-refractivity contribution is -0.290. The van der Waals surface area contributed by atoms with E-state index in [-0.39, 0.29) is 12.4 Å². The summed E-state index contributed by atoms with van der Waals surface area (Å²) in [6, 6.07) is 2.70. The van der Waals surface area contributed by atoms with Crippen LogP contribution in [0, 0.1) is 0 Å². The SMILES string of the molecule is NCc1ccnc(OCC(F)(F)C(F)(F)F)c1. The molecule has 0 atom stereocenters. The zero-order valence-corrected chi connectivity index (χ0v) is 8.47. The maximum absolute atomic E-state index is 12.5. The molecule has 2 N–H and O–H groups in total. The quantitative estimate of drug-likeness (QED) is 0.839. The Bertz CT molecular complexity index is 380. The van der Waals surface area contributed by atoms with Crippen LogP contribution in [0.25, 0.3) is 0 Å². The van der Waals surface area contributed by atoms with Gasteiger partial charge >= 0.3 is 12.1 Å². The van der Waals surface area contributed by atoms with E-state index >= 15 is 0 Å². The molecule has 0 radical (unpaired) electrons. The van der Waals surface area contributed by atoms with Crippen LogP contribution in [-0.4, -0.2) is 23.7 Å². The zero-order valence-electron chi connectivity index (χ0n) is 8.47. The van der Waals surface area contributed by atoms with Gasteiger partial charge in [-0.2, -0.15) is 22.0 Å². The van der Waals surface area contributed by atoms with Crippen molar-refractivity contribution in [2.24, 2.45) is 5.73 Å². The number of pyridine rings is 1. The van der Waals surface area contributed by atoms with Crippen LogP contribution in [0.5, 0.6) is 5.88 Å². The van der Waals surface area contributed by atoms with Crippen molar-refractivity contribution < 1.29 is 26.7 Å². The molecule has 0 aliphatic heterocycles. The fraction of sp³-hybridized carbons (Fsp3) is 0.444. The maximum Gasteiger partial charge on any atom is 0.456 e. The minimum atomic E-state index is -5.64. The summed E-state index contributed by atoms with van der Waals surface area (Å²) >= 11 is 0. The first kappa shape index (κ1) is 13.6. The average molecular weight is 256 g/mol. The molecule has 0 spiro atoms. The highest BCUT2D eigenvalue weighted by atomic mass is 19.4. The molecule has 0 aliphatic carbocycles. The molecule has 0 bridgehead atoms. The van der Waals surface area contributed by atoms with E-state index in [9.17, 15) is 22.0 Å². The molecule has 0 amide bonds. The third-order valence-electron chi connectivity index (χ3n) is 1.85. The predicted molar refractivity (Wildman–Crippen MR) is 48.6 cm³/mol. The molecule has 17 heavy (non-hydrogen) atoms. The van der Waals surface area contributed by atoms with E-state index in [2.05, 4.69) is 9.72 Å². The van der Waals surface area contributed by atoms with Gasteiger partial charge in [0.05, 0.1) is 0 Å². The summed E-state index contributed by atoms with van der Waals surface area (Å²) in [5, 5.41) is 0. The summed E-state index contributed by atoms with van der Waals surface area (Å²) in [5.74, 6) is -5.23. The normalized spacial score (nSPS) is 12.6. The average Bonchev–Trinajstić information content (AvgIpc) is 2.25. The van der Waals surface area contributed by atoms with Gasteiger partial charge in [-0.1, -0.05) is 0 Å². The molecular weight excluding hydrogens is 247 g/mol. The number of nitrogens with two attached hydrogens (primary N) is 1. The minimum absolute atomic E-state index is 0.106. The first-order chi connectivity index (χ1) is 7.76. The third kappa shape index (κ3) is 3.52. The monoisotopic (exact) mass is 256 g/mol. The Morgan fingerprint density at radius 1 is 1.24 bits per heavy atom. The predicted octanol–water partition coefficient (Wildman–Crippen LogP) is 2.12. The molecule has 3 nitrogen and oxygen atoms in total. The Morgan fingerprint density at radius 3 is 2.41 bits per heavy atom. The van der Waals surface area contributed by atoms with Crippen LogP contribution in [0.3, 0.4) is 0 Å². The van der Waals surface area contributed by atoms with Crippen molar-refractivity contribution in [3.05, 3.63) is 23.9 Å². The Hall–Kier alpha value is -1.44. The van der Waals surface area contributed by atoms with Crippen molar-refractivity contribution in [2.45, 2.75) is 18.6 Å². The highest BCUT2D eigenvalue weighted by Crippen LogP contribution is 2.35. The zero-order chi connectivity index (χ0) is 13.1. The molecule has 8 heteroatoms. The largest absolute Gasteiger partial charge is 0.471 e. The van der Waals surface area contributed by atoms with Gasteiger partial charge in [0.15, 0.2) is 6.61 Å². The number of halogens is 5. The highest BCUT2D eigenvalue weighted by molar-refractivity contribution is 5.20. The Kier molecular flexibility index (Phi) is 3.87. The summed E-state index contributed by atoms with van der Waals surface area (Å²) in [6.45, 7) is -1.70. The summed E-state index contributed by atoms with van der Waals surface area (Å²) in [6.07, 6.45) is -4.43. The maximum atomic E-state index is 12.5. The van der Waals surface area contributed by atoms with Crippen molar-refractivity contribution in [1.82, 2.24) is 4.98 Å². The lowest BCUT2D eigenvalue weighted by Crippen LogP contribution is -2.41. The molecule has 0 saturated heterocycles. The second kappa shape index (κ2) is 4.82. The lowest BCUT2D eigenvalue weighted by Gasteiger charge is -2.19. The van der Waals surface area contributed by atoms with Gasteiger partial charge in [-0.05, 0) is 11.6 Å². The van der Waals surface area contributed by atoms with Gasteiger partial charge in [0.25, 0.3) is 0 Å². The molecular formula is C9H9F5N2O. The molecule has 0 aromatic carbocycles. The number of aromatic nitrogens is 1. The number of hydrogen-bond donors (Lipinski definition) is 1. The summed E-state index contributed by atoms with van der Waals surface area (Å²) in [4.78, 5) is 3.49. The van der Waals surface area contributed by atoms with E-state index < -0.39 is 18.7 Å². The van der Waals surface area contributed by atoms with E-state index in [1.54, 1.807) is 0 Å². The fourth-order valence-electron chi connectivity index (χ4n) is 0.903. The second-order valence-electron chi connectivity index (χ2n) is 3.20. The Balaban J connectivity index is 2.67. The van der Waals surface area contributed by atoms with Crippen LogP contribution in [0.2, 0.25) is 0 Å². The second-order valence-corrected chi connectivity index (χ2v) is 3.20. The van der Waals surface area contributed by atoms with E-state index in [1.165, 1.54) is 18.3 Å². The Labute approximate surface area is 93.4 Å². The smallest absolute Gasteiger partial charge is 0.456 e. The van der Waals surface area contributed by atoms with Gasteiger partial charge in [-0.15, -0.1) is 0 Å². The molecule has 1 aromatic rings. The summed E-state index contributed by atoms with van der Waals surface area (Å²) in [7, 11) is 0. The number of nitrogens with zero attached hydrogens (tertiary/aromatic N) is 1. The minimum Gasteiger partial charge on any atom is -0.471 e. The van der Waals surface area contributed by atoms with Gasteiger partial charge < -0.3 is 10.5 Å². The Morgan fingerprint density at radius 2 is 1.88 bits per heavy atom. The van der Waals surface area contributed by atoms with Crippen molar-refractivity contribution in [3.63, 3.8) is 0 Å². The van der Waals surface area contributed by atoms with Gasteiger partial charge in [0.1, 0.15) is 0 Å². The molecule has 96 valence electrons. The van der Waals surface area contributed by atoms with Gasteiger partial charge in [0, 0.05) is 18.8 Å². The molecule has 0 unspecified atom stereocenters. The van der Waals surface area contributed by atoms with E-state index in [0.717, 1.165) is 0 Å². The molecule has 1 rings (SSSR count). The highest BCUT2D eigenvalue weighted by Gasteiger charge is 2.58. The standard InChI is InChI=1S/C9H9F5N2O/c10-8(11,9(12,13)14)5-17-7-3-6(4-15)1-2-16-7/h1-3H,4-5,15H2. The van der Waals surface area contributed by atoms with E-state index in [0.29, 0.717) is 5.56 Å². The molecule has 0 saturated carbocycles. The lowest BCUT2D eigenvalue weighted by atomic mass is 10.3. The first-order valence-electron chi connectivity index (χ1n) is 4.48. The molecule has 1 aromatic heterocycles. The topological polar surface area (TPSA) is 48.1 Å². The van der Waals surface area contributed by atoms with Crippen molar-refractivity contribution in [3.8, 4) is 5.88 Å². The fourth-order valence-corrected chi connectivity index (χ4v) is 0.903. The van der Waals surface area contributed by atoms with Crippen molar-refractivity contribution >= 4 is 0 Å². The van der Waals surface area contributed by atoms with Crippen LogP contribution in [0.15, 0.2) is 18.3 Å². The first-order valence-corrected chi connectivity index (χ1v) is 4.48. The number of ether oxygens (including phenoxy) is 1. The van der Waals surface area contributed by atoms with Crippen molar-refractivity contribution in [1.29, 1.82) is 0 Å². The summed E-state index contributed by atoms with van der Waals surface area (Å²) < 4.78 is 64.7. The van der Waals surface area contributed by atoms with E-state index in [1.807, 2.05) is 0 Å². The number of hydrogen-bond acceptors (Lipinski definition) is 3. The number of alkyl halides is 5. The van der Waals surface area contributed by atoms with Crippen LogP contribution < -0.4 is 10.5 Å². The van der Waals surface area contributed by atoms with Crippen molar-refractivity contribution in [2.75, 3.05) is 6.61 Å². The summed E-state index contributed by atoms with van der Waals surface area (Å²) in [5.41, 5.74) is 5.78. The van der Waals surface area contributed by atoms with Gasteiger partial charge in [-0.25, -0.2) is 4.98 Å². The number of rotatable bonds is 4. The van der Waals surface area contributed by atoms with Gasteiger partial charge in [-0.3, -0.25) is 0 Å². The molecule has 0 fully saturated rings. The third-order valence-corrected chi connectivity index (χ3v) is 1.85.